The van der Waals surface area contributed by atoms with E-state index >= 15 is 0 Å². The second-order valence-electron chi connectivity index (χ2n) is 6.27. The van der Waals surface area contributed by atoms with Crippen LogP contribution in [0.3, 0.4) is 0 Å². The number of para-hydroxylation sites is 1. The lowest BCUT2D eigenvalue weighted by molar-refractivity contribution is 0.0475. The van der Waals surface area contributed by atoms with Crippen molar-refractivity contribution < 1.29 is 18.7 Å². The zero-order valence-corrected chi connectivity index (χ0v) is 15.2. The summed E-state index contributed by atoms with van der Waals surface area (Å²) in [4.78, 5) is 33.8. The molecule has 0 bridgehead atoms. The highest BCUT2D eigenvalue weighted by molar-refractivity contribution is 6.06. The van der Waals surface area contributed by atoms with Crippen molar-refractivity contribution in [3.05, 3.63) is 95.9 Å². The van der Waals surface area contributed by atoms with Crippen molar-refractivity contribution in [3.8, 4) is 11.4 Å². The van der Waals surface area contributed by atoms with Crippen LogP contribution in [0.1, 0.15) is 20.7 Å². The Hall–Kier alpha value is -3.93. The third-order valence-corrected chi connectivity index (χ3v) is 4.37. The van der Waals surface area contributed by atoms with Crippen molar-refractivity contribution in [2.45, 2.75) is 0 Å². The summed E-state index contributed by atoms with van der Waals surface area (Å²) in [6.45, 7) is -0.560. The van der Waals surface area contributed by atoms with E-state index in [0.29, 0.717) is 22.3 Å². The van der Waals surface area contributed by atoms with Gasteiger partial charge in [-0.1, -0.05) is 36.4 Å². The number of benzene rings is 2. The number of aromatic nitrogens is 2. The molecular formula is C23H15FN2O3. The van der Waals surface area contributed by atoms with Gasteiger partial charge in [0.05, 0.1) is 28.0 Å². The average molecular weight is 386 g/mol. The van der Waals surface area contributed by atoms with Crippen LogP contribution in [0.5, 0.6) is 0 Å². The summed E-state index contributed by atoms with van der Waals surface area (Å²) in [6, 6.07) is 19.7. The third-order valence-electron chi connectivity index (χ3n) is 4.37. The fourth-order valence-corrected chi connectivity index (χ4v) is 2.96. The standard InChI is InChI=1S/C23H15FN2O3/c24-18-9-3-1-8-16(18)22(27)14-29-23(28)17-13-21(20-11-5-6-12-25-20)26-19-10-4-2-7-15(17)19/h1-13H,14H2. The topological polar surface area (TPSA) is 69.2 Å². The Bertz CT molecular complexity index is 1210. The molecule has 2 aromatic heterocycles. The van der Waals surface area contributed by atoms with E-state index in [-0.39, 0.29) is 11.1 Å². The predicted octanol–water partition coefficient (Wildman–Crippen LogP) is 4.48. The van der Waals surface area contributed by atoms with Crippen LogP contribution >= 0.6 is 0 Å². The van der Waals surface area contributed by atoms with E-state index in [1.807, 2.05) is 12.1 Å². The zero-order valence-electron chi connectivity index (χ0n) is 15.2. The fourth-order valence-electron chi connectivity index (χ4n) is 2.96. The molecule has 2 aromatic carbocycles. The summed E-state index contributed by atoms with van der Waals surface area (Å²) in [7, 11) is 0. The number of rotatable bonds is 5. The Morgan fingerprint density at radius 1 is 0.862 bits per heavy atom. The number of pyridine rings is 2. The van der Waals surface area contributed by atoms with Crippen LogP contribution in [0.25, 0.3) is 22.3 Å². The average Bonchev–Trinajstić information content (AvgIpc) is 2.77. The molecule has 0 N–H and O–H groups in total. The second-order valence-corrected chi connectivity index (χ2v) is 6.27. The molecular weight excluding hydrogens is 371 g/mol. The summed E-state index contributed by atoms with van der Waals surface area (Å²) in [5.74, 6) is -1.95. The van der Waals surface area contributed by atoms with Gasteiger partial charge in [0, 0.05) is 11.6 Å². The third kappa shape index (κ3) is 3.87. The molecule has 2 heterocycles. The maximum Gasteiger partial charge on any atom is 0.339 e. The maximum atomic E-state index is 13.8. The van der Waals surface area contributed by atoms with E-state index in [0.717, 1.165) is 0 Å². The summed E-state index contributed by atoms with van der Waals surface area (Å²) in [5, 5.41) is 0.593. The molecule has 0 unspecified atom stereocenters. The Balaban J connectivity index is 1.65. The molecule has 0 aliphatic heterocycles. The van der Waals surface area contributed by atoms with Crippen LogP contribution in [0.4, 0.5) is 4.39 Å². The first-order valence-electron chi connectivity index (χ1n) is 8.89. The molecule has 0 saturated carbocycles. The Labute approximate surface area is 165 Å². The molecule has 0 radical (unpaired) electrons. The largest absolute Gasteiger partial charge is 0.454 e. The highest BCUT2D eigenvalue weighted by Crippen LogP contribution is 2.24. The van der Waals surface area contributed by atoms with Crippen molar-refractivity contribution >= 4 is 22.7 Å². The molecule has 4 aromatic rings. The molecule has 0 saturated heterocycles. The first kappa shape index (κ1) is 18.4. The normalized spacial score (nSPS) is 10.7. The molecule has 0 aliphatic rings. The number of hydrogen-bond donors (Lipinski definition) is 0. The lowest BCUT2D eigenvalue weighted by Crippen LogP contribution is -2.16. The van der Waals surface area contributed by atoms with E-state index in [2.05, 4.69) is 9.97 Å². The van der Waals surface area contributed by atoms with Gasteiger partial charge in [-0.15, -0.1) is 0 Å². The SMILES string of the molecule is O=C(COC(=O)c1cc(-c2ccccn2)nc2ccccc12)c1ccccc1F. The van der Waals surface area contributed by atoms with Crippen molar-refractivity contribution in [1.29, 1.82) is 0 Å². The van der Waals surface area contributed by atoms with Crippen LogP contribution in [-0.2, 0) is 4.74 Å². The van der Waals surface area contributed by atoms with Crippen LogP contribution in [-0.4, -0.2) is 28.3 Å². The van der Waals surface area contributed by atoms with Gasteiger partial charge in [-0.2, -0.15) is 0 Å². The van der Waals surface area contributed by atoms with E-state index in [9.17, 15) is 14.0 Å². The smallest absolute Gasteiger partial charge is 0.339 e. The van der Waals surface area contributed by atoms with Gasteiger partial charge in [0.25, 0.3) is 0 Å². The number of carbonyl (C=O) groups is 2. The molecule has 29 heavy (non-hydrogen) atoms. The van der Waals surface area contributed by atoms with Crippen LogP contribution < -0.4 is 0 Å². The first-order chi connectivity index (χ1) is 14.1. The maximum absolute atomic E-state index is 13.8. The zero-order chi connectivity index (χ0) is 20.2. The highest BCUT2D eigenvalue weighted by atomic mass is 19.1. The van der Waals surface area contributed by atoms with Crippen LogP contribution in [0, 0.1) is 5.82 Å². The first-order valence-corrected chi connectivity index (χ1v) is 8.89. The minimum atomic E-state index is -0.689. The lowest BCUT2D eigenvalue weighted by atomic mass is 10.1. The lowest BCUT2D eigenvalue weighted by Gasteiger charge is -2.10. The number of hydrogen-bond acceptors (Lipinski definition) is 5. The van der Waals surface area contributed by atoms with Gasteiger partial charge in [0.2, 0.25) is 5.78 Å². The molecule has 0 fully saturated rings. The van der Waals surface area contributed by atoms with Crippen molar-refractivity contribution in [2.24, 2.45) is 0 Å². The van der Waals surface area contributed by atoms with Crippen molar-refractivity contribution in [1.82, 2.24) is 9.97 Å². The summed E-state index contributed by atoms with van der Waals surface area (Å²) in [6.07, 6.45) is 1.64. The van der Waals surface area contributed by atoms with Gasteiger partial charge < -0.3 is 4.74 Å². The van der Waals surface area contributed by atoms with Crippen LogP contribution in [0.15, 0.2) is 79.0 Å². The number of carbonyl (C=O) groups excluding carboxylic acids is 2. The van der Waals surface area contributed by atoms with Gasteiger partial charge >= 0.3 is 5.97 Å². The number of Topliss-reactive ketones (excluding diaryl/α,β-unsaturated/α-hetero) is 1. The number of ketones is 1. The van der Waals surface area contributed by atoms with Gasteiger partial charge in [-0.05, 0) is 36.4 Å². The van der Waals surface area contributed by atoms with E-state index in [1.54, 1.807) is 48.7 Å². The molecule has 0 atom stereocenters. The van der Waals surface area contributed by atoms with Gasteiger partial charge in [0.1, 0.15) is 5.82 Å². The van der Waals surface area contributed by atoms with Crippen molar-refractivity contribution in [2.75, 3.05) is 6.61 Å². The summed E-state index contributed by atoms with van der Waals surface area (Å²) in [5.41, 5.74) is 1.86. The minimum Gasteiger partial charge on any atom is -0.454 e. The minimum absolute atomic E-state index is 0.117. The number of halogens is 1. The molecule has 5 nitrogen and oxygen atoms in total. The molecule has 0 amide bonds. The number of ether oxygens (including phenoxy) is 1. The molecule has 4 rings (SSSR count). The molecule has 0 aliphatic carbocycles. The second kappa shape index (κ2) is 7.98. The number of fused-ring (bicyclic) bond motifs is 1. The van der Waals surface area contributed by atoms with Crippen molar-refractivity contribution in [3.63, 3.8) is 0 Å². The van der Waals surface area contributed by atoms with Gasteiger partial charge in [-0.3, -0.25) is 9.78 Å². The Morgan fingerprint density at radius 3 is 2.41 bits per heavy atom. The number of esters is 1. The molecule has 0 spiro atoms. The molecule has 142 valence electrons. The number of nitrogens with zero attached hydrogens (tertiary/aromatic N) is 2. The summed E-state index contributed by atoms with van der Waals surface area (Å²) < 4.78 is 19.0. The fraction of sp³-hybridized carbons (Fsp3) is 0.0435. The Kier molecular flexibility index (Phi) is 5.07. The van der Waals surface area contributed by atoms with E-state index in [4.69, 9.17) is 4.74 Å². The van der Waals surface area contributed by atoms with E-state index < -0.39 is 24.2 Å². The summed E-state index contributed by atoms with van der Waals surface area (Å²) >= 11 is 0. The van der Waals surface area contributed by atoms with E-state index in [1.165, 1.54) is 18.2 Å². The highest BCUT2D eigenvalue weighted by Gasteiger charge is 2.18. The Morgan fingerprint density at radius 2 is 1.62 bits per heavy atom. The van der Waals surface area contributed by atoms with Gasteiger partial charge in [0.15, 0.2) is 6.61 Å². The predicted molar refractivity (Wildman–Crippen MR) is 106 cm³/mol. The van der Waals surface area contributed by atoms with Gasteiger partial charge in [-0.25, -0.2) is 14.2 Å². The molecule has 6 heteroatoms. The van der Waals surface area contributed by atoms with Crippen LogP contribution in [0.2, 0.25) is 0 Å². The quantitative estimate of drug-likeness (QED) is 0.374. The monoisotopic (exact) mass is 386 g/mol.